The zero-order chi connectivity index (χ0) is 16.1. The van der Waals surface area contributed by atoms with E-state index in [2.05, 4.69) is 21.2 Å². The van der Waals surface area contributed by atoms with Crippen molar-refractivity contribution in [2.24, 2.45) is 0 Å². The summed E-state index contributed by atoms with van der Waals surface area (Å²) in [6.07, 6.45) is -1.34. The first kappa shape index (κ1) is 16.2. The molecular weight excluding hydrogens is 350 g/mol. The molecule has 0 heterocycles. The highest BCUT2D eigenvalue weighted by molar-refractivity contribution is 9.10. The van der Waals surface area contributed by atoms with E-state index in [-0.39, 0.29) is 0 Å². The Morgan fingerprint density at radius 2 is 1.59 bits per heavy atom. The monoisotopic (exact) mass is 363 g/mol. The van der Waals surface area contributed by atoms with Crippen molar-refractivity contribution >= 4 is 27.8 Å². The average Bonchev–Trinajstić information content (AvgIpc) is 2.53. The van der Waals surface area contributed by atoms with E-state index in [4.69, 9.17) is 0 Å². The van der Waals surface area contributed by atoms with Gasteiger partial charge in [-0.2, -0.15) is 0 Å². The van der Waals surface area contributed by atoms with Crippen LogP contribution in [0.4, 0.5) is 0 Å². The molecule has 5 nitrogen and oxygen atoms in total. The van der Waals surface area contributed by atoms with E-state index in [1.165, 1.54) is 0 Å². The number of aliphatic hydroxyl groups is 1. The van der Waals surface area contributed by atoms with Gasteiger partial charge in [-0.1, -0.05) is 46.3 Å². The highest BCUT2D eigenvalue weighted by Gasteiger charge is 2.29. The summed E-state index contributed by atoms with van der Waals surface area (Å²) in [5.74, 6) is -1.86. The molecule has 0 aromatic heterocycles. The van der Waals surface area contributed by atoms with Gasteiger partial charge in [-0.3, -0.25) is 4.79 Å². The van der Waals surface area contributed by atoms with Gasteiger partial charge in [0.2, 0.25) is 0 Å². The van der Waals surface area contributed by atoms with Crippen LogP contribution in [0.25, 0.3) is 0 Å². The second-order valence-corrected chi connectivity index (χ2v) is 5.57. The number of aliphatic carboxylic acids is 1. The van der Waals surface area contributed by atoms with Crippen LogP contribution in [0.2, 0.25) is 0 Å². The fourth-order valence-corrected chi connectivity index (χ4v) is 2.21. The summed E-state index contributed by atoms with van der Waals surface area (Å²) in [6.45, 7) is 0. The molecule has 2 aromatic carbocycles. The Kier molecular flexibility index (Phi) is 5.30. The molecular formula is C16H14BrNO4. The summed E-state index contributed by atoms with van der Waals surface area (Å²) < 4.78 is 0.808. The predicted molar refractivity (Wildman–Crippen MR) is 84.4 cm³/mol. The molecule has 3 N–H and O–H groups in total. The van der Waals surface area contributed by atoms with Crippen molar-refractivity contribution in [3.8, 4) is 0 Å². The van der Waals surface area contributed by atoms with Crippen molar-refractivity contribution in [1.82, 2.24) is 5.32 Å². The summed E-state index contributed by atoms with van der Waals surface area (Å²) in [4.78, 5) is 23.5. The number of benzene rings is 2. The number of carbonyl (C=O) groups excluding carboxylic acids is 1. The Morgan fingerprint density at radius 3 is 2.14 bits per heavy atom. The largest absolute Gasteiger partial charge is 0.480 e. The fourth-order valence-electron chi connectivity index (χ4n) is 1.94. The van der Waals surface area contributed by atoms with Crippen LogP contribution in [0, 0.1) is 0 Å². The number of carboxylic acids is 1. The number of rotatable bonds is 5. The first-order chi connectivity index (χ1) is 10.5. The SMILES string of the molecule is O=C(N[C@H](C(=O)O)[C@H](O)c1ccccc1)c1ccc(Br)cc1. The molecule has 0 radical (unpaired) electrons. The molecule has 22 heavy (non-hydrogen) atoms. The molecule has 0 saturated heterocycles. The Bertz CT molecular complexity index is 658. The maximum atomic E-state index is 12.1. The van der Waals surface area contributed by atoms with Gasteiger partial charge >= 0.3 is 5.97 Å². The van der Waals surface area contributed by atoms with Crippen LogP contribution in [0.3, 0.4) is 0 Å². The number of nitrogens with one attached hydrogen (secondary N) is 1. The van der Waals surface area contributed by atoms with Crippen LogP contribution in [0.5, 0.6) is 0 Å². The predicted octanol–water partition coefficient (Wildman–Crippen LogP) is 2.37. The van der Waals surface area contributed by atoms with E-state index >= 15 is 0 Å². The summed E-state index contributed by atoms with van der Waals surface area (Å²) in [5, 5.41) is 21.8. The number of amides is 1. The van der Waals surface area contributed by atoms with Crippen molar-refractivity contribution in [2.75, 3.05) is 0 Å². The summed E-state index contributed by atoms with van der Waals surface area (Å²) in [6, 6.07) is 13.4. The molecule has 0 saturated carbocycles. The minimum atomic E-state index is -1.43. The standard InChI is InChI=1S/C16H14BrNO4/c17-12-8-6-11(7-9-12)15(20)18-13(16(21)22)14(19)10-4-2-1-3-5-10/h1-9,13-14,19H,(H,18,20)(H,21,22)/t13-,14+/m0/s1. The minimum absolute atomic E-state index is 0.315. The molecule has 0 aliphatic heterocycles. The number of hydrogen-bond donors (Lipinski definition) is 3. The third-order valence-corrected chi connectivity index (χ3v) is 3.64. The molecule has 0 spiro atoms. The molecule has 1 amide bonds. The van der Waals surface area contributed by atoms with Crippen LogP contribution in [-0.2, 0) is 4.79 Å². The van der Waals surface area contributed by atoms with Crippen molar-refractivity contribution < 1.29 is 19.8 Å². The summed E-state index contributed by atoms with van der Waals surface area (Å²) in [7, 11) is 0. The van der Waals surface area contributed by atoms with E-state index in [0.29, 0.717) is 11.1 Å². The van der Waals surface area contributed by atoms with Gasteiger partial charge in [-0.05, 0) is 29.8 Å². The van der Waals surface area contributed by atoms with E-state index in [1.54, 1.807) is 54.6 Å². The second-order valence-electron chi connectivity index (χ2n) is 4.65. The lowest BCUT2D eigenvalue weighted by atomic mass is 10.0. The zero-order valence-corrected chi connectivity index (χ0v) is 13.0. The third-order valence-electron chi connectivity index (χ3n) is 3.12. The fraction of sp³-hybridized carbons (Fsp3) is 0.125. The van der Waals surface area contributed by atoms with Crippen molar-refractivity contribution in [3.05, 3.63) is 70.2 Å². The summed E-state index contributed by atoms with van der Waals surface area (Å²) >= 11 is 3.26. The Balaban J connectivity index is 2.17. The maximum absolute atomic E-state index is 12.1. The molecule has 0 aliphatic rings. The lowest BCUT2D eigenvalue weighted by Crippen LogP contribution is -2.45. The van der Waals surface area contributed by atoms with Crippen LogP contribution in [-0.4, -0.2) is 28.1 Å². The number of aliphatic hydroxyl groups excluding tert-OH is 1. The maximum Gasteiger partial charge on any atom is 0.329 e. The van der Waals surface area contributed by atoms with Crippen molar-refractivity contribution in [2.45, 2.75) is 12.1 Å². The number of hydrogen-bond acceptors (Lipinski definition) is 3. The van der Waals surface area contributed by atoms with E-state index < -0.39 is 24.0 Å². The molecule has 2 rings (SSSR count). The van der Waals surface area contributed by atoms with Crippen LogP contribution in [0.1, 0.15) is 22.0 Å². The Hall–Kier alpha value is -2.18. The summed E-state index contributed by atoms with van der Waals surface area (Å²) in [5.41, 5.74) is 0.737. The number of carbonyl (C=O) groups is 2. The van der Waals surface area contributed by atoms with Gasteiger partial charge < -0.3 is 15.5 Å². The second kappa shape index (κ2) is 7.20. The van der Waals surface area contributed by atoms with Gasteiger partial charge in [0.05, 0.1) is 0 Å². The van der Waals surface area contributed by atoms with Gasteiger partial charge in [0, 0.05) is 10.0 Å². The molecule has 114 valence electrons. The third kappa shape index (κ3) is 3.93. The van der Waals surface area contributed by atoms with Crippen molar-refractivity contribution in [3.63, 3.8) is 0 Å². The smallest absolute Gasteiger partial charge is 0.329 e. The van der Waals surface area contributed by atoms with E-state index in [1.807, 2.05) is 0 Å². The number of halogens is 1. The van der Waals surface area contributed by atoms with Gasteiger partial charge in [-0.25, -0.2) is 4.79 Å². The molecule has 6 heteroatoms. The van der Waals surface area contributed by atoms with Gasteiger partial charge in [0.25, 0.3) is 5.91 Å². The highest BCUT2D eigenvalue weighted by Crippen LogP contribution is 2.17. The van der Waals surface area contributed by atoms with Crippen molar-refractivity contribution in [1.29, 1.82) is 0 Å². The van der Waals surface area contributed by atoms with Gasteiger partial charge in [0.15, 0.2) is 6.04 Å². The van der Waals surface area contributed by atoms with Crippen LogP contribution in [0.15, 0.2) is 59.1 Å². The molecule has 0 aliphatic carbocycles. The van der Waals surface area contributed by atoms with Crippen LogP contribution >= 0.6 is 15.9 Å². The van der Waals surface area contributed by atoms with Gasteiger partial charge in [0.1, 0.15) is 6.10 Å². The average molecular weight is 364 g/mol. The lowest BCUT2D eigenvalue weighted by Gasteiger charge is -2.20. The minimum Gasteiger partial charge on any atom is -0.480 e. The van der Waals surface area contributed by atoms with Crippen LogP contribution < -0.4 is 5.32 Å². The van der Waals surface area contributed by atoms with Gasteiger partial charge in [-0.15, -0.1) is 0 Å². The Morgan fingerprint density at radius 1 is 1.00 bits per heavy atom. The molecule has 2 aromatic rings. The normalized spacial score (nSPS) is 13.2. The molecule has 0 bridgehead atoms. The first-order valence-electron chi connectivity index (χ1n) is 6.51. The van der Waals surface area contributed by atoms with E-state index in [9.17, 15) is 19.8 Å². The van der Waals surface area contributed by atoms with E-state index in [0.717, 1.165) is 4.47 Å². The zero-order valence-electron chi connectivity index (χ0n) is 11.4. The molecule has 0 unspecified atom stereocenters. The highest BCUT2D eigenvalue weighted by atomic mass is 79.9. The Labute approximate surface area is 135 Å². The number of carboxylic acid groups (broad SMARTS) is 1. The topological polar surface area (TPSA) is 86.6 Å². The quantitative estimate of drug-likeness (QED) is 0.760. The molecule has 2 atom stereocenters. The lowest BCUT2D eigenvalue weighted by molar-refractivity contribution is -0.142. The first-order valence-corrected chi connectivity index (χ1v) is 7.30. The molecule has 0 fully saturated rings.